The first-order valence-corrected chi connectivity index (χ1v) is 4.34. The molecule has 0 atom stereocenters. The molecular formula is C9H7ClF3NO. The molecule has 0 aliphatic rings. The van der Waals surface area contributed by atoms with E-state index in [0.29, 0.717) is 5.56 Å². The molecule has 0 saturated carbocycles. The van der Waals surface area contributed by atoms with Gasteiger partial charge in [0.15, 0.2) is 0 Å². The van der Waals surface area contributed by atoms with Gasteiger partial charge in [0.25, 0.3) is 0 Å². The van der Waals surface area contributed by atoms with Gasteiger partial charge in [-0.15, -0.1) is 0 Å². The Labute approximate surface area is 89.0 Å². The van der Waals surface area contributed by atoms with Crippen molar-refractivity contribution in [3.05, 3.63) is 35.4 Å². The number of nitrogens with zero attached hydrogens (tertiary/aromatic N) is 1. The van der Waals surface area contributed by atoms with Gasteiger partial charge in [0.1, 0.15) is 5.17 Å². The largest absolute Gasteiger partial charge is 0.416 e. The number of benzene rings is 1. The van der Waals surface area contributed by atoms with Gasteiger partial charge in [-0.05, 0) is 17.7 Å². The number of rotatable bonds is 2. The zero-order chi connectivity index (χ0) is 11.5. The summed E-state index contributed by atoms with van der Waals surface area (Å²) in [6.07, 6.45) is -4.23. The van der Waals surface area contributed by atoms with Gasteiger partial charge < -0.3 is 5.21 Å². The highest BCUT2D eigenvalue weighted by atomic mass is 35.5. The molecular weight excluding hydrogens is 231 g/mol. The quantitative estimate of drug-likeness (QED) is 0.478. The first kappa shape index (κ1) is 11.8. The third kappa shape index (κ3) is 3.43. The Morgan fingerprint density at radius 2 is 1.80 bits per heavy atom. The van der Waals surface area contributed by atoms with Gasteiger partial charge in [0, 0.05) is 6.42 Å². The number of hydrogen-bond acceptors (Lipinski definition) is 2. The first-order chi connectivity index (χ1) is 6.93. The van der Waals surface area contributed by atoms with Crippen LogP contribution in [0, 0.1) is 0 Å². The van der Waals surface area contributed by atoms with Crippen molar-refractivity contribution in [3.8, 4) is 0 Å². The normalized spacial score (nSPS) is 12.9. The molecule has 0 fully saturated rings. The number of alkyl halides is 3. The van der Waals surface area contributed by atoms with Crippen LogP contribution in [0.25, 0.3) is 0 Å². The van der Waals surface area contributed by atoms with Gasteiger partial charge >= 0.3 is 6.18 Å². The lowest BCUT2D eigenvalue weighted by atomic mass is 10.1. The van der Waals surface area contributed by atoms with Crippen LogP contribution in [0.3, 0.4) is 0 Å². The second-order valence-electron chi connectivity index (χ2n) is 2.85. The molecule has 6 heteroatoms. The van der Waals surface area contributed by atoms with Crippen LogP contribution in [0.5, 0.6) is 0 Å². The molecule has 1 N–H and O–H groups in total. The van der Waals surface area contributed by atoms with Crippen molar-refractivity contribution >= 4 is 16.8 Å². The molecule has 1 aromatic rings. The van der Waals surface area contributed by atoms with Crippen molar-refractivity contribution in [2.24, 2.45) is 5.16 Å². The van der Waals surface area contributed by atoms with E-state index in [0.717, 1.165) is 12.1 Å². The van der Waals surface area contributed by atoms with Crippen molar-refractivity contribution in [3.63, 3.8) is 0 Å². The van der Waals surface area contributed by atoms with Gasteiger partial charge in [-0.3, -0.25) is 0 Å². The van der Waals surface area contributed by atoms with E-state index in [1.807, 2.05) is 0 Å². The fourth-order valence-corrected chi connectivity index (χ4v) is 1.17. The Morgan fingerprint density at radius 1 is 1.27 bits per heavy atom. The topological polar surface area (TPSA) is 32.6 Å². The van der Waals surface area contributed by atoms with E-state index in [9.17, 15) is 13.2 Å². The molecule has 0 aliphatic carbocycles. The second kappa shape index (κ2) is 4.53. The van der Waals surface area contributed by atoms with E-state index in [2.05, 4.69) is 5.16 Å². The third-order valence-corrected chi connectivity index (χ3v) is 1.95. The maximum atomic E-state index is 12.2. The fraction of sp³-hybridized carbons (Fsp3) is 0.222. The Morgan fingerprint density at radius 3 is 2.20 bits per heavy atom. The Bertz CT molecular complexity index is 359. The van der Waals surface area contributed by atoms with Crippen molar-refractivity contribution in [1.29, 1.82) is 0 Å². The van der Waals surface area contributed by atoms with Gasteiger partial charge in [0.2, 0.25) is 0 Å². The number of hydrogen-bond donors (Lipinski definition) is 1. The summed E-state index contributed by atoms with van der Waals surface area (Å²) >= 11 is 5.41. The van der Waals surface area contributed by atoms with Crippen LogP contribution < -0.4 is 0 Å². The molecule has 0 aromatic heterocycles. The third-order valence-electron chi connectivity index (χ3n) is 1.74. The maximum absolute atomic E-state index is 12.2. The monoisotopic (exact) mass is 237 g/mol. The van der Waals surface area contributed by atoms with Gasteiger partial charge in [-0.25, -0.2) is 0 Å². The van der Waals surface area contributed by atoms with Crippen molar-refractivity contribution in [2.45, 2.75) is 12.6 Å². The number of halogens is 4. The molecule has 0 aliphatic heterocycles. The molecule has 0 heterocycles. The average molecular weight is 238 g/mol. The van der Waals surface area contributed by atoms with Crippen LogP contribution in [0.4, 0.5) is 13.2 Å². The van der Waals surface area contributed by atoms with Crippen LogP contribution >= 0.6 is 11.6 Å². The van der Waals surface area contributed by atoms with E-state index in [4.69, 9.17) is 16.8 Å². The maximum Gasteiger partial charge on any atom is 0.416 e. The first-order valence-electron chi connectivity index (χ1n) is 3.96. The Hall–Kier alpha value is -1.23. The Balaban J connectivity index is 2.82. The highest BCUT2D eigenvalue weighted by molar-refractivity contribution is 6.65. The minimum atomic E-state index is -4.34. The standard InChI is InChI=1S/C9H7ClF3NO/c10-8(14-15)5-6-1-3-7(4-2-6)9(11,12)13/h1-4,15H,5H2/b14-8-. The molecule has 0 amide bonds. The molecule has 0 saturated heterocycles. The smallest absolute Gasteiger partial charge is 0.410 e. The zero-order valence-corrected chi connectivity index (χ0v) is 8.18. The van der Waals surface area contributed by atoms with E-state index in [1.165, 1.54) is 12.1 Å². The molecule has 0 radical (unpaired) electrons. The van der Waals surface area contributed by atoms with E-state index >= 15 is 0 Å². The molecule has 0 spiro atoms. The lowest BCUT2D eigenvalue weighted by Gasteiger charge is -2.06. The summed E-state index contributed by atoms with van der Waals surface area (Å²) in [4.78, 5) is 0. The molecule has 0 unspecified atom stereocenters. The SMILES string of the molecule is O/N=C(\Cl)Cc1ccc(C(F)(F)F)cc1. The van der Waals surface area contributed by atoms with E-state index in [1.54, 1.807) is 0 Å². The minimum absolute atomic E-state index is 0.0743. The summed E-state index contributed by atoms with van der Waals surface area (Å²) in [7, 11) is 0. The fourth-order valence-electron chi connectivity index (χ4n) is 1.02. The Kier molecular flexibility index (Phi) is 3.57. The van der Waals surface area contributed by atoms with Crippen molar-refractivity contribution in [2.75, 3.05) is 0 Å². The summed E-state index contributed by atoms with van der Waals surface area (Å²) < 4.78 is 36.5. The highest BCUT2D eigenvalue weighted by Crippen LogP contribution is 2.29. The lowest BCUT2D eigenvalue weighted by molar-refractivity contribution is -0.137. The van der Waals surface area contributed by atoms with Gasteiger partial charge in [-0.2, -0.15) is 13.2 Å². The van der Waals surface area contributed by atoms with E-state index < -0.39 is 11.7 Å². The van der Waals surface area contributed by atoms with Crippen molar-refractivity contribution in [1.82, 2.24) is 0 Å². The molecule has 2 nitrogen and oxygen atoms in total. The lowest BCUT2D eigenvalue weighted by Crippen LogP contribution is -2.05. The predicted molar refractivity (Wildman–Crippen MR) is 50.2 cm³/mol. The average Bonchev–Trinajstić information content (AvgIpc) is 2.17. The minimum Gasteiger partial charge on any atom is -0.410 e. The summed E-state index contributed by atoms with van der Waals surface area (Å²) in [5.41, 5.74) is -0.172. The summed E-state index contributed by atoms with van der Waals surface area (Å²) in [5, 5.41) is 10.9. The van der Waals surface area contributed by atoms with Crippen LogP contribution in [0.2, 0.25) is 0 Å². The van der Waals surface area contributed by atoms with Crippen molar-refractivity contribution < 1.29 is 18.4 Å². The number of oxime groups is 1. The van der Waals surface area contributed by atoms with Crippen LogP contribution in [0.15, 0.2) is 29.4 Å². The van der Waals surface area contributed by atoms with Crippen LogP contribution in [-0.2, 0) is 12.6 Å². The summed E-state index contributed by atoms with van der Waals surface area (Å²) in [6, 6.07) is 4.49. The van der Waals surface area contributed by atoms with Crippen LogP contribution in [-0.4, -0.2) is 10.4 Å². The summed E-state index contributed by atoms with van der Waals surface area (Å²) in [5.74, 6) is 0. The van der Waals surface area contributed by atoms with Gasteiger partial charge in [-0.1, -0.05) is 28.9 Å². The molecule has 1 rings (SSSR count). The molecule has 15 heavy (non-hydrogen) atoms. The molecule has 0 bridgehead atoms. The van der Waals surface area contributed by atoms with Gasteiger partial charge in [0.05, 0.1) is 5.56 Å². The molecule has 82 valence electrons. The van der Waals surface area contributed by atoms with Crippen LogP contribution in [0.1, 0.15) is 11.1 Å². The van der Waals surface area contributed by atoms with E-state index in [-0.39, 0.29) is 11.6 Å². The second-order valence-corrected chi connectivity index (χ2v) is 3.28. The predicted octanol–water partition coefficient (Wildman–Crippen LogP) is 3.27. The molecule has 1 aromatic carbocycles. The highest BCUT2D eigenvalue weighted by Gasteiger charge is 2.29. The zero-order valence-electron chi connectivity index (χ0n) is 7.42. The summed E-state index contributed by atoms with van der Waals surface area (Å²) in [6.45, 7) is 0.